The Hall–Kier alpha value is -1.69. The molecule has 0 aromatic carbocycles. The Morgan fingerprint density at radius 2 is 2.25 bits per heavy atom. The Bertz CT molecular complexity index is 593. The minimum atomic E-state index is -0.176. The first-order valence-corrected chi connectivity index (χ1v) is 5.64. The molecule has 16 heavy (non-hydrogen) atoms. The average Bonchev–Trinajstić information content (AvgIpc) is 2.32. The fourth-order valence-electron chi connectivity index (χ4n) is 1.24. The summed E-state index contributed by atoms with van der Waals surface area (Å²) in [4.78, 5) is 24.2. The number of aromatic nitrogens is 4. The van der Waals surface area contributed by atoms with E-state index in [1.165, 1.54) is 28.7 Å². The van der Waals surface area contributed by atoms with E-state index in [1.807, 2.05) is 0 Å². The molecule has 2 aromatic heterocycles. The van der Waals surface area contributed by atoms with E-state index in [-0.39, 0.29) is 5.56 Å². The largest absolute Gasteiger partial charge is 0.289 e. The van der Waals surface area contributed by atoms with E-state index >= 15 is 0 Å². The van der Waals surface area contributed by atoms with Gasteiger partial charge in [0.15, 0.2) is 16.3 Å². The first-order valence-electron chi connectivity index (χ1n) is 4.65. The summed E-state index contributed by atoms with van der Waals surface area (Å²) < 4.78 is 1.48. The van der Waals surface area contributed by atoms with Crippen LogP contribution >= 0.6 is 11.8 Å². The Balaban J connectivity index is 2.64. The Labute approximate surface area is 96.3 Å². The SMILES string of the molecule is C=CCSc1nc2nccnc2c(=O)n1C. The maximum absolute atomic E-state index is 11.9. The zero-order chi connectivity index (χ0) is 11.5. The van der Waals surface area contributed by atoms with Crippen LogP contribution in [0.5, 0.6) is 0 Å². The van der Waals surface area contributed by atoms with E-state index in [0.717, 1.165) is 0 Å². The van der Waals surface area contributed by atoms with Gasteiger partial charge in [0.25, 0.3) is 5.56 Å². The quantitative estimate of drug-likeness (QED) is 0.450. The van der Waals surface area contributed by atoms with E-state index in [2.05, 4.69) is 21.5 Å². The summed E-state index contributed by atoms with van der Waals surface area (Å²) in [7, 11) is 1.68. The normalized spacial score (nSPS) is 10.6. The van der Waals surface area contributed by atoms with Crippen molar-refractivity contribution in [1.29, 1.82) is 0 Å². The molecular formula is C10H10N4OS. The Morgan fingerprint density at radius 1 is 1.50 bits per heavy atom. The summed E-state index contributed by atoms with van der Waals surface area (Å²) >= 11 is 1.44. The molecule has 0 bridgehead atoms. The van der Waals surface area contributed by atoms with Gasteiger partial charge in [-0.2, -0.15) is 0 Å². The molecule has 0 fully saturated rings. The van der Waals surface area contributed by atoms with Crippen molar-refractivity contribution >= 4 is 22.9 Å². The number of nitrogens with zero attached hydrogens (tertiary/aromatic N) is 4. The molecule has 0 amide bonds. The van der Waals surface area contributed by atoms with Crippen LogP contribution in [0.2, 0.25) is 0 Å². The minimum absolute atomic E-state index is 0.176. The van der Waals surface area contributed by atoms with E-state index < -0.39 is 0 Å². The maximum Gasteiger partial charge on any atom is 0.282 e. The molecule has 0 spiro atoms. The molecule has 82 valence electrons. The molecule has 2 rings (SSSR count). The van der Waals surface area contributed by atoms with Crippen LogP contribution in [0.1, 0.15) is 0 Å². The molecule has 0 aliphatic heterocycles. The van der Waals surface area contributed by atoms with Crippen LogP contribution < -0.4 is 5.56 Å². The fraction of sp³-hybridized carbons (Fsp3) is 0.200. The highest BCUT2D eigenvalue weighted by molar-refractivity contribution is 7.99. The Kier molecular flexibility index (Phi) is 3.00. The lowest BCUT2D eigenvalue weighted by Crippen LogP contribution is -2.21. The van der Waals surface area contributed by atoms with Gasteiger partial charge in [-0.25, -0.2) is 15.0 Å². The van der Waals surface area contributed by atoms with Crippen molar-refractivity contribution in [2.75, 3.05) is 5.75 Å². The molecule has 0 N–H and O–H groups in total. The van der Waals surface area contributed by atoms with E-state index in [0.29, 0.717) is 22.1 Å². The van der Waals surface area contributed by atoms with Crippen molar-refractivity contribution in [3.05, 3.63) is 35.4 Å². The van der Waals surface area contributed by atoms with Gasteiger partial charge in [-0.05, 0) is 0 Å². The number of thioether (sulfide) groups is 1. The van der Waals surface area contributed by atoms with Gasteiger partial charge in [-0.3, -0.25) is 9.36 Å². The zero-order valence-corrected chi connectivity index (χ0v) is 9.57. The second-order valence-corrected chi connectivity index (χ2v) is 4.07. The smallest absolute Gasteiger partial charge is 0.282 e. The van der Waals surface area contributed by atoms with Crippen molar-refractivity contribution in [2.45, 2.75) is 5.16 Å². The highest BCUT2D eigenvalue weighted by Gasteiger charge is 2.09. The lowest BCUT2D eigenvalue weighted by molar-refractivity contribution is 0.720. The molecule has 6 heteroatoms. The predicted molar refractivity (Wildman–Crippen MR) is 63.5 cm³/mol. The summed E-state index contributed by atoms with van der Waals surface area (Å²) in [5, 5.41) is 0.623. The third-order valence-electron chi connectivity index (χ3n) is 2.00. The summed E-state index contributed by atoms with van der Waals surface area (Å²) in [5.74, 6) is 0.700. The molecule has 5 nitrogen and oxygen atoms in total. The molecule has 0 unspecified atom stereocenters. The van der Waals surface area contributed by atoms with Gasteiger partial charge in [0, 0.05) is 25.2 Å². The first kappa shape index (κ1) is 10.8. The molecular weight excluding hydrogens is 224 g/mol. The van der Waals surface area contributed by atoms with Crippen molar-refractivity contribution < 1.29 is 0 Å². The Morgan fingerprint density at radius 3 is 3.00 bits per heavy atom. The van der Waals surface area contributed by atoms with Gasteiger partial charge in [-0.1, -0.05) is 17.8 Å². The second kappa shape index (κ2) is 4.44. The van der Waals surface area contributed by atoms with Crippen LogP contribution in [0, 0.1) is 0 Å². The lowest BCUT2D eigenvalue weighted by Gasteiger charge is -2.05. The minimum Gasteiger partial charge on any atom is -0.289 e. The average molecular weight is 234 g/mol. The van der Waals surface area contributed by atoms with Crippen molar-refractivity contribution in [1.82, 2.24) is 19.5 Å². The lowest BCUT2D eigenvalue weighted by atomic mass is 10.5. The number of fused-ring (bicyclic) bond motifs is 1. The fourth-order valence-corrected chi connectivity index (χ4v) is 1.93. The van der Waals surface area contributed by atoms with Crippen LogP contribution in [-0.2, 0) is 7.05 Å². The van der Waals surface area contributed by atoms with Crippen LogP contribution in [-0.4, -0.2) is 25.3 Å². The molecule has 2 heterocycles. The van der Waals surface area contributed by atoms with Crippen LogP contribution in [0.3, 0.4) is 0 Å². The molecule has 0 saturated heterocycles. The van der Waals surface area contributed by atoms with E-state index in [4.69, 9.17) is 0 Å². The predicted octanol–water partition coefficient (Wildman–Crippen LogP) is 1.00. The highest BCUT2D eigenvalue weighted by Crippen LogP contribution is 2.14. The van der Waals surface area contributed by atoms with Gasteiger partial charge in [0.1, 0.15) is 0 Å². The van der Waals surface area contributed by atoms with Gasteiger partial charge in [-0.15, -0.1) is 6.58 Å². The van der Waals surface area contributed by atoms with E-state index in [1.54, 1.807) is 13.1 Å². The van der Waals surface area contributed by atoms with Gasteiger partial charge >= 0.3 is 0 Å². The van der Waals surface area contributed by atoms with Gasteiger partial charge < -0.3 is 0 Å². The number of rotatable bonds is 3. The molecule has 0 saturated carbocycles. The summed E-state index contributed by atoms with van der Waals surface area (Å²) in [6.45, 7) is 3.63. The van der Waals surface area contributed by atoms with Crippen molar-refractivity contribution in [3.63, 3.8) is 0 Å². The first-order chi connectivity index (χ1) is 7.74. The molecule has 0 radical (unpaired) electrons. The summed E-state index contributed by atoms with van der Waals surface area (Å²) in [6, 6.07) is 0. The number of hydrogen-bond acceptors (Lipinski definition) is 5. The van der Waals surface area contributed by atoms with Crippen LogP contribution in [0.4, 0.5) is 0 Å². The molecule has 0 atom stereocenters. The van der Waals surface area contributed by atoms with Crippen LogP contribution in [0.15, 0.2) is 35.0 Å². The van der Waals surface area contributed by atoms with Crippen LogP contribution in [0.25, 0.3) is 11.2 Å². The molecule has 0 aliphatic carbocycles. The van der Waals surface area contributed by atoms with Gasteiger partial charge in [0.05, 0.1) is 0 Å². The third-order valence-corrected chi connectivity index (χ3v) is 3.03. The number of hydrogen-bond donors (Lipinski definition) is 0. The summed E-state index contributed by atoms with van der Waals surface area (Å²) in [5.41, 5.74) is 0.509. The van der Waals surface area contributed by atoms with Crippen molar-refractivity contribution in [3.8, 4) is 0 Å². The standard InChI is InChI=1S/C10H10N4OS/c1-3-6-16-10-13-8-7(9(15)14(10)2)11-4-5-12-8/h3-5H,1,6H2,2H3. The summed E-state index contributed by atoms with van der Waals surface area (Å²) in [6.07, 6.45) is 4.77. The zero-order valence-electron chi connectivity index (χ0n) is 8.75. The highest BCUT2D eigenvalue weighted by atomic mass is 32.2. The van der Waals surface area contributed by atoms with E-state index in [9.17, 15) is 4.79 Å². The maximum atomic E-state index is 11.9. The van der Waals surface area contributed by atoms with Crippen molar-refractivity contribution in [2.24, 2.45) is 7.05 Å². The topological polar surface area (TPSA) is 60.7 Å². The molecule has 0 aliphatic rings. The third kappa shape index (κ3) is 1.83. The molecule has 2 aromatic rings. The monoisotopic (exact) mass is 234 g/mol. The second-order valence-electron chi connectivity index (χ2n) is 3.09. The van der Waals surface area contributed by atoms with Gasteiger partial charge in [0.2, 0.25) is 0 Å².